The number of nitrogens with one attached hydrogen (secondary N) is 1. The maximum absolute atomic E-state index is 13.9. The summed E-state index contributed by atoms with van der Waals surface area (Å²) >= 11 is 0. The van der Waals surface area contributed by atoms with Crippen molar-refractivity contribution in [2.45, 2.75) is 95.4 Å². The number of amides is 2. The zero-order valence-electron chi connectivity index (χ0n) is 26.9. The van der Waals surface area contributed by atoms with Gasteiger partial charge in [0.2, 0.25) is 11.8 Å². The number of carboxylic acids is 1. The fourth-order valence-electron chi connectivity index (χ4n) is 7.18. The molecule has 1 aliphatic carbocycles. The molecule has 1 spiro atoms. The Hall–Kier alpha value is -3.34. The Labute approximate surface area is 277 Å². The molecule has 11 heteroatoms. The fraction of sp³-hybridized carbons (Fsp3) is 0.571. The van der Waals surface area contributed by atoms with E-state index in [4.69, 9.17) is 9.47 Å². The lowest BCUT2D eigenvalue weighted by molar-refractivity contribution is -0.165. The van der Waals surface area contributed by atoms with Crippen LogP contribution in [0, 0.1) is 5.92 Å². The molecular formula is C35H48ClN3O7. The number of aromatic carboxylic acids is 1. The van der Waals surface area contributed by atoms with Gasteiger partial charge in [-0.3, -0.25) is 14.5 Å². The van der Waals surface area contributed by atoms with E-state index in [1.54, 1.807) is 12.1 Å². The quantitative estimate of drug-likeness (QED) is 0.274. The van der Waals surface area contributed by atoms with Gasteiger partial charge in [-0.15, -0.1) is 12.4 Å². The second-order valence-corrected chi connectivity index (χ2v) is 12.8. The summed E-state index contributed by atoms with van der Waals surface area (Å²) in [6.07, 6.45) is 8.24. The lowest BCUT2D eigenvalue weighted by Gasteiger charge is -2.52. The number of hydrogen-bond acceptors (Lipinski definition) is 7. The van der Waals surface area contributed by atoms with Crippen LogP contribution in [-0.4, -0.2) is 82.2 Å². The van der Waals surface area contributed by atoms with E-state index in [0.717, 1.165) is 56.9 Å². The number of rotatable bonds is 11. The number of piperazine rings is 1. The van der Waals surface area contributed by atoms with Gasteiger partial charge in [-0.1, -0.05) is 51.2 Å². The number of aliphatic hydroxyl groups excluding tert-OH is 1. The second kappa shape index (κ2) is 16.0. The lowest BCUT2D eigenvalue weighted by Crippen LogP contribution is -2.75. The first-order valence-electron chi connectivity index (χ1n) is 16.5. The molecule has 2 amide bonds. The molecule has 10 nitrogen and oxygen atoms in total. The molecule has 3 N–H and O–H groups in total. The van der Waals surface area contributed by atoms with Crippen molar-refractivity contribution in [2.75, 3.05) is 26.7 Å². The van der Waals surface area contributed by atoms with Crippen molar-refractivity contribution in [3.63, 3.8) is 0 Å². The molecule has 2 aromatic carbocycles. The molecule has 2 atom stereocenters. The van der Waals surface area contributed by atoms with Crippen LogP contribution in [0.2, 0.25) is 0 Å². The monoisotopic (exact) mass is 657 g/mol. The molecule has 2 heterocycles. The third kappa shape index (κ3) is 7.78. The minimum absolute atomic E-state index is 0. The minimum atomic E-state index is -1.07. The summed E-state index contributed by atoms with van der Waals surface area (Å²) < 4.78 is 11.1. The molecule has 0 unspecified atom stereocenters. The highest BCUT2D eigenvalue weighted by Gasteiger charge is 2.55. The third-order valence-corrected chi connectivity index (χ3v) is 9.87. The highest BCUT2D eigenvalue weighted by atomic mass is 35.5. The molecule has 2 aromatic rings. The first-order valence-corrected chi connectivity index (χ1v) is 16.5. The summed E-state index contributed by atoms with van der Waals surface area (Å²) in [6, 6.07) is 11.5. The van der Waals surface area contributed by atoms with Crippen LogP contribution in [-0.2, 0) is 16.1 Å². The summed E-state index contributed by atoms with van der Waals surface area (Å²) in [5.41, 5.74) is 0.284. The van der Waals surface area contributed by atoms with E-state index in [9.17, 15) is 24.6 Å². The highest BCUT2D eigenvalue weighted by Crippen LogP contribution is 2.36. The number of carbonyl (C=O) groups is 3. The second-order valence-electron chi connectivity index (χ2n) is 12.8. The van der Waals surface area contributed by atoms with Crippen molar-refractivity contribution < 1.29 is 34.1 Å². The van der Waals surface area contributed by atoms with Crippen molar-refractivity contribution in [2.24, 2.45) is 5.92 Å². The fourth-order valence-corrected chi connectivity index (χ4v) is 7.18. The van der Waals surface area contributed by atoms with Crippen LogP contribution in [0.3, 0.4) is 0 Å². The number of halogens is 1. The number of nitrogens with zero attached hydrogens (tertiary/aromatic N) is 2. The molecule has 252 valence electrons. The molecule has 2 saturated heterocycles. The topological polar surface area (TPSA) is 129 Å². The van der Waals surface area contributed by atoms with E-state index in [1.165, 1.54) is 13.2 Å². The minimum Gasteiger partial charge on any atom is -0.496 e. The van der Waals surface area contributed by atoms with Crippen LogP contribution in [0.25, 0.3) is 0 Å². The van der Waals surface area contributed by atoms with E-state index in [2.05, 4.69) is 17.1 Å². The number of benzene rings is 2. The third-order valence-electron chi connectivity index (χ3n) is 9.87. The van der Waals surface area contributed by atoms with Crippen LogP contribution < -0.4 is 14.8 Å². The Morgan fingerprint density at radius 1 is 1.02 bits per heavy atom. The molecule has 0 aromatic heterocycles. The standard InChI is InChI=1S/C35H47N3O7.ClH/c1-3-4-19-38-32(40)30(31(39)25-9-7-5-6-8-10-25)36-34(43)35(38)17-20-37(21-18-35)23-24-11-13-26(14-12-24)45-27-15-16-28(33(41)42)29(22-27)44-2;/h11-16,22,25,30-31,39H,3-10,17-21,23H2,1-2H3,(H,36,43)(H,41,42);1H/t30-,31-;/m1./s1. The average Bonchev–Trinajstić information content (AvgIpc) is 3.34. The number of carboxylic acid groups (broad SMARTS) is 1. The van der Waals surface area contributed by atoms with Gasteiger partial charge in [0.15, 0.2) is 0 Å². The zero-order chi connectivity index (χ0) is 32.0. The van der Waals surface area contributed by atoms with Gasteiger partial charge in [0.1, 0.15) is 34.4 Å². The normalized spacial score (nSPS) is 21.2. The van der Waals surface area contributed by atoms with E-state index < -0.39 is 23.7 Å². The van der Waals surface area contributed by atoms with Crippen LogP contribution in [0.1, 0.15) is 87.1 Å². The summed E-state index contributed by atoms with van der Waals surface area (Å²) in [5.74, 6) is 0.0527. The molecule has 1 saturated carbocycles. The molecule has 2 aliphatic heterocycles. The van der Waals surface area contributed by atoms with Gasteiger partial charge in [0.25, 0.3) is 0 Å². The highest BCUT2D eigenvalue weighted by molar-refractivity contribution is 6.00. The molecule has 3 aliphatic rings. The Kier molecular flexibility index (Phi) is 12.3. The molecule has 3 fully saturated rings. The Morgan fingerprint density at radius 3 is 2.28 bits per heavy atom. The summed E-state index contributed by atoms with van der Waals surface area (Å²) in [4.78, 5) is 43.2. The molecule has 0 bridgehead atoms. The Morgan fingerprint density at radius 2 is 1.67 bits per heavy atom. The van der Waals surface area contributed by atoms with Gasteiger partial charge in [0, 0.05) is 32.2 Å². The van der Waals surface area contributed by atoms with Gasteiger partial charge in [-0.2, -0.15) is 0 Å². The maximum Gasteiger partial charge on any atom is 0.339 e. The maximum atomic E-state index is 13.9. The number of likely N-dealkylation sites (tertiary alicyclic amines) is 1. The first-order chi connectivity index (χ1) is 21.8. The van der Waals surface area contributed by atoms with Crippen LogP contribution in [0.15, 0.2) is 42.5 Å². The number of hydrogen-bond donors (Lipinski definition) is 3. The van der Waals surface area contributed by atoms with Gasteiger partial charge in [-0.05, 0) is 67.9 Å². The Balaban J connectivity index is 0.00000480. The largest absolute Gasteiger partial charge is 0.496 e. The Bertz CT molecular complexity index is 1340. The van der Waals surface area contributed by atoms with Crippen LogP contribution in [0.4, 0.5) is 0 Å². The average molecular weight is 658 g/mol. The van der Waals surface area contributed by atoms with Crippen molar-refractivity contribution in [1.29, 1.82) is 0 Å². The predicted octanol–water partition coefficient (Wildman–Crippen LogP) is 5.40. The zero-order valence-corrected chi connectivity index (χ0v) is 27.7. The number of unbranched alkanes of at least 4 members (excludes halogenated alkanes) is 1. The number of piperidine rings is 1. The number of carbonyl (C=O) groups excluding carboxylic acids is 2. The van der Waals surface area contributed by atoms with Gasteiger partial charge >= 0.3 is 5.97 Å². The number of ether oxygens (including phenoxy) is 2. The van der Waals surface area contributed by atoms with Gasteiger partial charge in [-0.25, -0.2) is 4.79 Å². The van der Waals surface area contributed by atoms with E-state index in [-0.39, 0.29) is 41.5 Å². The SMILES string of the molecule is CCCCN1C(=O)[C@@H]([C@H](O)C2CCCCCC2)NC(=O)C12CCN(Cc1ccc(Oc3ccc(C(=O)O)c(OC)c3)cc1)CC2.Cl. The van der Waals surface area contributed by atoms with Crippen molar-refractivity contribution in [1.82, 2.24) is 15.1 Å². The predicted molar refractivity (Wildman–Crippen MR) is 177 cm³/mol. The van der Waals surface area contributed by atoms with E-state index in [1.807, 2.05) is 29.2 Å². The first kappa shape index (κ1) is 35.5. The lowest BCUT2D eigenvalue weighted by atomic mass is 9.79. The summed E-state index contributed by atoms with van der Waals surface area (Å²) in [7, 11) is 1.42. The van der Waals surface area contributed by atoms with Crippen molar-refractivity contribution in [3.8, 4) is 17.2 Å². The smallest absolute Gasteiger partial charge is 0.339 e. The molecular weight excluding hydrogens is 610 g/mol. The van der Waals surface area contributed by atoms with Crippen LogP contribution >= 0.6 is 12.4 Å². The van der Waals surface area contributed by atoms with Crippen LogP contribution in [0.5, 0.6) is 17.2 Å². The number of methoxy groups -OCH3 is 1. The summed E-state index contributed by atoms with van der Waals surface area (Å²) in [5, 5.41) is 23.6. The molecule has 46 heavy (non-hydrogen) atoms. The van der Waals surface area contributed by atoms with Crippen molar-refractivity contribution in [3.05, 3.63) is 53.6 Å². The number of aliphatic hydroxyl groups is 1. The van der Waals surface area contributed by atoms with E-state index >= 15 is 0 Å². The molecule has 0 radical (unpaired) electrons. The van der Waals surface area contributed by atoms with E-state index in [0.29, 0.717) is 50.5 Å². The van der Waals surface area contributed by atoms with Gasteiger partial charge < -0.3 is 29.9 Å². The van der Waals surface area contributed by atoms with Gasteiger partial charge in [0.05, 0.1) is 13.2 Å². The molecule has 5 rings (SSSR count). The summed E-state index contributed by atoms with van der Waals surface area (Å²) in [6.45, 7) is 4.66. The van der Waals surface area contributed by atoms with Crippen molar-refractivity contribution >= 4 is 30.2 Å².